The zero-order chi connectivity index (χ0) is 18.5. The highest BCUT2D eigenvalue weighted by Crippen LogP contribution is 2.43. The van der Waals surface area contributed by atoms with Crippen molar-refractivity contribution in [2.45, 2.75) is 52.0 Å². The Morgan fingerprint density at radius 1 is 1.21 bits per heavy atom. The third kappa shape index (κ3) is 4.67. The first-order chi connectivity index (χ1) is 13.3. The molecule has 1 aliphatic heterocycles. The normalized spacial score (nSPS) is 18.9. The molecule has 0 unspecified atom stereocenters. The van der Waals surface area contributed by atoms with Gasteiger partial charge < -0.3 is 10.2 Å². The predicted molar refractivity (Wildman–Crippen MR) is 123 cm³/mol. The lowest BCUT2D eigenvalue weighted by Crippen LogP contribution is -2.41. The van der Waals surface area contributed by atoms with Crippen LogP contribution in [0.3, 0.4) is 0 Å². The number of likely N-dealkylation sites (tertiary alicyclic amines) is 1. The molecule has 0 bridgehead atoms. The molecule has 6 nitrogen and oxygen atoms in total. The molecule has 152 valence electrons. The SMILES string of the molecule is CCNC(=NCc1cccnc1-n1ccnc1)N1CCC2(CCCCC2)C1.I. The van der Waals surface area contributed by atoms with Gasteiger partial charge in [0.2, 0.25) is 0 Å². The van der Waals surface area contributed by atoms with Crippen molar-refractivity contribution >= 4 is 29.9 Å². The second-order valence-corrected chi connectivity index (χ2v) is 7.86. The first-order valence-corrected chi connectivity index (χ1v) is 10.3. The summed E-state index contributed by atoms with van der Waals surface area (Å²) in [5.74, 6) is 1.94. The standard InChI is InChI=1S/C21H30N6.HI/c1-2-23-20(26-13-10-21(16-26)8-4-3-5-9-21)25-15-18-7-6-11-24-19(18)27-14-12-22-17-27;/h6-7,11-12,14,17H,2-5,8-10,13,15-16H2,1H3,(H,23,25);1H. The van der Waals surface area contributed by atoms with E-state index in [4.69, 9.17) is 4.99 Å². The van der Waals surface area contributed by atoms with Crippen molar-refractivity contribution in [2.75, 3.05) is 19.6 Å². The lowest BCUT2D eigenvalue weighted by molar-refractivity contribution is 0.203. The number of nitrogens with one attached hydrogen (secondary N) is 1. The van der Waals surface area contributed by atoms with Gasteiger partial charge in [-0.2, -0.15) is 0 Å². The van der Waals surface area contributed by atoms with Gasteiger partial charge >= 0.3 is 0 Å². The van der Waals surface area contributed by atoms with E-state index in [0.717, 1.165) is 37.0 Å². The van der Waals surface area contributed by atoms with E-state index in [9.17, 15) is 0 Å². The summed E-state index contributed by atoms with van der Waals surface area (Å²) in [6, 6.07) is 4.08. The first-order valence-electron chi connectivity index (χ1n) is 10.3. The van der Waals surface area contributed by atoms with Gasteiger partial charge in [-0.15, -0.1) is 24.0 Å². The van der Waals surface area contributed by atoms with E-state index in [1.54, 1.807) is 12.5 Å². The largest absolute Gasteiger partial charge is 0.357 e. The van der Waals surface area contributed by atoms with Crippen LogP contribution >= 0.6 is 24.0 Å². The molecule has 3 heterocycles. The molecule has 0 aromatic carbocycles. The summed E-state index contributed by atoms with van der Waals surface area (Å²) in [6.07, 6.45) is 15.6. The summed E-state index contributed by atoms with van der Waals surface area (Å²) in [4.78, 5) is 16.1. The molecule has 0 amide bonds. The molecule has 0 atom stereocenters. The molecule has 28 heavy (non-hydrogen) atoms. The van der Waals surface area contributed by atoms with Crippen LogP contribution in [0.5, 0.6) is 0 Å². The Kier molecular flexibility index (Phi) is 7.31. The molecule has 1 aliphatic carbocycles. The van der Waals surface area contributed by atoms with Crippen molar-refractivity contribution in [1.29, 1.82) is 0 Å². The molecular formula is C21H31IN6. The van der Waals surface area contributed by atoms with Crippen molar-refractivity contribution < 1.29 is 0 Å². The minimum absolute atomic E-state index is 0. The Labute approximate surface area is 184 Å². The second-order valence-electron chi connectivity index (χ2n) is 7.86. The van der Waals surface area contributed by atoms with Gasteiger partial charge in [0, 0.05) is 43.8 Å². The van der Waals surface area contributed by atoms with Crippen molar-refractivity contribution in [1.82, 2.24) is 24.8 Å². The fourth-order valence-corrected chi connectivity index (χ4v) is 4.58. The third-order valence-corrected chi connectivity index (χ3v) is 6.00. The number of imidazole rings is 1. The molecule has 2 aromatic heterocycles. The Hall–Kier alpha value is -1.64. The van der Waals surface area contributed by atoms with Crippen LogP contribution in [-0.2, 0) is 6.54 Å². The maximum absolute atomic E-state index is 4.97. The fraction of sp³-hybridized carbons (Fsp3) is 0.571. The quantitative estimate of drug-likeness (QED) is 0.397. The van der Waals surface area contributed by atoms with E-state index in [1.165, 1.54) is 38.5 Å². The third-order valence-electron chi connectivity index (χ3n) is 6.00. The predicted octanol–water partition coefficient (Wildman–Crippen LogP) is 4.01. The van der Waals surface area contributed by atoms with E-state index in [2.05, 4.69) is 33.2 Å². The van der Waals surface area contributed by atoms with Gasteiger partial charge in [-0.1, -0.05) is 25.3 Å². The second kappa shape index (κ2) is 9.71. The van der Waals surface area contributed by atoms with Crippen LogP contribution < -0.4 is 5.32 Å². The number of guanidine groups is 1. The number of pyridine rings is 1. The monoisotopic (exact) mass is 494 g/mol. The fourth-order valence-electron chi connectivity index (χ4n) is 4.58. The highest BCUT2D eigenvalue weighted by molar-refractivity contribution is 14.0. The number of rotatable bonds is 4. The smallest absolute Gasteiger partial charge is 0.194 e. The Balaban J connectivity index is 0.00000225. The van der Waals surface area contributed by atoms with Crippen LogP contribution in [0.1, 0.15) is 51.0 Å². The minimum Gasteiger partial charge on any atom is -0.357 e. The molecule has 2 aliphatic rings. The molecule has 2 aromatic rings. The summed E-state index contributed by atoms with van der Waals surface area (Å²) in [5, 5.41) is 3.51. The van der Waals surface area contributed by atoms with Gasteiger partial charge in [-0.05, 0) is 37.7 Å². The number of hydrogen-bond donors (Lipinski definition) is 1. The molecule has 2 fully saturated rings. The topological polar surface area (TPSA) is 58.3 Å². The van der Waals surface area contributed by atoms with Gasteiger partial charge in [-0.3, -0.25) is 4.57 Å². The van der Waals surface area contributed by atoms with Crippen molar-refractivity contribution in [3.63, 3.8) is 0 Å². The Morgan fingerprint density at radius 3 is 2.82 bits per heavy atom. The van der Waals surface area contributed by atoms with Gasteiger partial charge in [0.25, 0.3) is 0 Å². The molecular weight excluding hydrogens is 463 g/mol. The zero-order valence-corrected chi connectivity index (χ0v) is 19.0. The van der Waals surface area contributed by atoms with Crippen LogP contribution in [0.2, 0.25) is 0 Å². The number of nitrogens with zero attached hydrogens (tertiary/aromatic N) is 5. The van der Waals surface area contributed by atoms with Crippen molar-refractivity contribution in [3.05, 3.63) is 42.6 Å². The van der Waals surface area contributed by atoms with Gasteiger partial charge in [-0.25, -0.2) is 15.0 Å². The summed E-state index contributed by atoms with van der Waals surface area (Å²) in [6.45, 7) is 5.92. The number of aromatic nitrogens is 3. The Morgan fingerprint density at radius 2 is 2.07 bits per heavy atom. The van der Waals surface area contributed by atoms with Gasteiger partial charge in [0.15, 0.2) is 5.96 Å². The van der Waals surface area contributed by atoms with E-state index < -0.39 is 0 Å². The van der Waals surface area contributed by atoms with Crippen LogP contribution in [0, 0.1) is 5.41 Å². The molecule has 1 saturated carbocycles. The van der Waals surface area contributed by atoms with Crippen LogP contribution in [-0.4, -0.2) is 45.0 Å². The van der Waals surface area contributed by atoms with Crippen molar-refractivity contribution in [2.24, 2.45) is 10.4 Å². The Bertz CT molecular complexity index is 767. The lowest BCUT2D eigenvalue weighted by atomic mass is 9.73. The van der Waals surface area contributed by atoms with Crippen LogP contribution in [0.15, 0.2) is 42.0 Å². The molecule has 1 saturated heterocycles. The lowest BCUT2D eigenvalue weighted by Gasteiger charge is -2.33. The number of hydrogen-bond acceptors (Lipinski definition) is 3. The maximum Gasteiger partial charge on any atom is 0.194 e. The summed E-state index contributed by atoms with van der Waals surface area (Å²) in [5.41, 5.74) is 1.64. The molecule has 1 spiro atoms. The summed E-state index contributed by atoms with van der Waals surface area (Å²) in [7, 11) is 0. The highest BCUT2D eigenvalue weighted by atomic mass is 127. The zero-order valence-electron chi connectivity index (χ0n) is 16.7. The minimum atomic E-state index is 0. The highest BCUT2D eigenvalue weighted by Gasteiger charge is 2.39. The van der Waals surface area contributed by atoms with E-state index in [-0.39, 0.29) is 24.0 Å². The van der Waals surface area contributed by atoms with Crippen LogP contribution in [0.4, 0.5) is 0 Å². The number of aliphatic imine (C=N–C) groups is 1. The first kappa shape index (κ1) is 21.1. The molecule has 0 radical (unpaired) electrons. The van der Waals surface area contributed by atoms with E-state index >= 15 is 0 Å². The summed E-state index contributed by atoms with van der Waals surface area (Å²) < 4.78 is 1.95. The number of halogens is 1. The van der Waals surface area contributed by atoms with E-state index in [0.29, 0.717) is 12.0 Å². The van der Waals surface area contributed by atoms with Gasteiger partial charge in [0.05, 0.1) is 6.54 Å². The summed E-state index contributed by atoms with van der Waals surface area (Å²) >= 11 is 0. The van der Waals surface area contributed by atoms with E-state index in [1.807, 2.05) is 23.0 Å². The van der Waals surface area contributed by atoms with Crippen LogP contribution in [0.25, 0.3) is 5.82 Å². The maximum atomic E-state index is 4.97. The average Bonchev–Trinajstić information content (AvgIpc) is 3.37. The van der Waals surface area contributed by atoms with Crippen molar-refractivity contribution in [3.8, 4) is 5.82 Å². The van der Waals surface area contributed by atoms with Gasteiger partial charge in [0.1, 0.15) is 12.1 Å². The average molecular weight is 494 g/mol. The molecule has 4 rings (SSSR count). The molecule has 7 heteroatoms. The molecule has 1 N–H and O–H groups in total.